The second-order valence-corrected chi connectivity index (χ2v) is 7.38. The van der Waals surface area contributed by atoms with Crippen molar-refractivity contribution < 1.29 is 9.26 Å². The van der Waals surface area contributed by atoms with Gasteiger partial charge in [-0.25, -0.2) is 9.97 Å². The molecule has 9 heteroatoms. The summed E-state index contributed by atoms with van der Waals surface area (Å²) < 4.78 is 14.6. The van der Waals surface area contributed by atoms with Crippen LogP contribution < -0.4 is 10.3 Å². The van der Waals surface area contributed by atoms with Crippen LogP contribution in [0, 0.1) is 6.92 Å². The number of benzene rings is 1. The van der Waals surface area contributed by atoms with E-state index in [1.807, 2.05) is 6.07 Å². The molecule has 1 aromatic carbocycles. The van der Waals surface area contributed by atoms with Crippen LogP contribution in [0.25, 0.3) is 11.2 Å². The van der Waals surface area contributed by atoms with Crippen molar-refractivity contribution in [3.63, 3.8) is 0 Å². The van der Waals surface area contributed by atoms with E-state index < -0.39 is 0 Å². The van der Waals surface area contributed by atoms with E-state index in [4.69, 9.17) is 9.26 Å². The number of para-hydroxylation sites is 1. The Hall–Kier alpha value is -3.49. The highest BCUT2D eigenvalue weighted by molar-refractivity contribution is 5.68. The Morgan fingerprint density at radius 1 is 1.18 bits per heavy atom. The Labute approximate surface area is 158 Å². The minimum atomic E-state index is -0.194. The molecule has 1 fully saturated rings. The Kier molecular flexibility index (Phi) is 2.93. The number of nitrogens with zero attached hydrogens (tertiary/aromatic N) is 6. The Bertz CT molecular complexity index is 1300. The molecule has 0 spiro atoms. The Balaban J connectivity index is 1.28. The number of fused-ring (bicyclic) bond motifs is 4. The summed E-state index contributed by atoms with van der Waals surface area (Å²) in [6.45, 7) is 2.22. The summed E-state index contributed by atoms with van der Waals surface area (Å²) in [4.78, 5) is 25.5. The van der Waals surface area contributed by atoms with E-state index in [2.05, 4.69) is 39.2 Å². The maximum atomic E-state index is 12.6. The van der Waals surface area contributed by atoms with Crippen molar-refractivity contribution in [1.82, 2.24) is 29.2 Å². The quantitative estimate of drug-likeness (QED) is 0.534. The smallest absolute Gasteiger partial charge is 0.280 e. The predicted octanol–water partition coefficient (Wildman–Crippen LogP) is 1.51. The number of hydrogen-bond acceptors (Lipinski definition) is 7. The lowest BCUT2D eigenvalue weighted by Crippen LogP contribution is -2.22. The average Bonchev–Trinajstić information content (AvgIpc) is 3.04. The third kappa shape index (κ3) is 2.04. The third-order valence-corrected chi connectivity index (χ3v) is 5.60. The van der Waals surface area contributed by atoms with Crippen LogP contribution in [0.2, 0.25) is 0 Å². The average molecular weight is 376 g/mol. The maximum Gasteiger partial charge on any atom is 0.280 e. The standard InChI is InChI=1S/C19H16N6O3/c1-9-4-3-5-10-12-13(16(12)27-15(9)10)17-22-11(28-23-17)6-25-8-21-18-14(19(25)26)24(2)7-20-18/h3-5,7-8,12-13,16H,6H2,1-2H3/t12-,13-,16-/m0/s1. The summed E-state index contributed by atoms with van der Waals surface area (Å²) in [5.74, 6) is 2.35. The summed E-state index contributed by atoms with van der Waals surface area (Å²) in [6, 6.07) is 6.20. The molecule has 0 unspecified atom stereocenters. The summed E-state index contributed by atoms with van der Waals surface area (Å²) in [7, 11) is 1.76. The molecular weight excluding hydrogens is 360 g/mol. The van der Waals surface area contributed by atoms with Gasteiger partial charge in [0, 0.05) is 18.5 Å². The summed E-state index contributed by atoms with van der Waals surface area (Å²) in [6.07, 6.45) is 3.09. The zero-order valence-electron chi connectivity index (χ0n) is 15.2. The first-order valence-corrected chi connectivity index (χ1v) is 9.07. The van der Waals surface area contributed by atoms with Crippen LogP contribution in [0.1, 0.15) is 34.7 Å². The molecule has 9 nitrogen and oxygen atoms in total. The molecule has 3 atom stereocenters. The van der Waals surface area contributed by atoms with Crippen molar-refractivity contribution in [2.24, 2.45) is 7.05 Å². The highest BCUT2D eigenvalue weighted by Crippen LogP contribution is 2.63. The minimum absolute atomic E-state index is 0.0664. The van der Waals surface area contributed by atoms with E-state index in [1.165, 1.54) is 16.5 Å². The minimum Gasteiger partial charge on any atom is -0.488 e. The first-order valence-electron chi connectivity index (χ1n) is 9.07. The van der Waals surface area contributed by atoms with E-state index in [-0.39, 0.29) is 30.0 Å². The number of aromatic nitrogens is 6. The summed E-state index contributed by atoms with van der Waals surface area (Å²) >= 11 is 0. The molecule has 0 radical (unpaired) electrons. The lowest BCUT2D eigenvalue weighted by molar-refractivity contribution is 0.304. The molecule has 1 saturated carbocycles. The first-order chi connectivity index (χ1) is 13.6. The summed E-state index contributed by atoms with van der Waals surface area (Å²) in [5.41, 5.74) is 3.03. The topological polar surface area (TPSA) is 101 Å². The van der Waals surface area contributed by atoms with Gasteiger partial charge in [0.25, 0.3) is 5.56 Å². The van der Waals surface area contributed by atoms with E-state index in [9.17, 15) is 4.79 Å². The molecule has 0 amide bonds. The van der Waals surface area contributed by atoms with Gasteiger partial charge < -0.3 is 13.8 Å². The molecule has 6 rings (SSSR count). The van der Waals surface area contributed by atoms with Crippen molar-refractivity contribution >= 4 is 11.2 Å². The normalized spacial score (nSPS) is 22.1. The fourth-order valence-corrected chi connectivity index (χ4v) is 4.14. The lowest BCUT2D eigenvalue weighted by atomic mass is 10.1. The zero-order chi connectivity index (χ0) is 19.0. The first kappa shape index (κ1) is 15.6. The largest absolute Gasteiger partial charge is 0.488 e. The Morgan fingerprint density at radius 3 is 2.93 bits per heavy atom. The molecule has 1 aliphatic carbocycles. The highest BCUT2D eigenvalue weighted by atomic mass is 16.5. The van der Waals surface area contributed by atoms with Crippen LogP contribution in [-0.4, -0.2) is 35.3 Å². The molecule has 0 N–H and O–H groups in total. The predicted molar refractivity (Wildman–Crippen MR) is 97.2 cm³/mol. The van der Waals surface area contributed by atoms with Gasteiger partial charge in [-0.2, -0.15) is 4.98 Å². The highest BCUT2D eigenvalue weighted by Gasteiger charge is 2.61. The molecular formula is C19H16N6O3. The van der Waals surface area contributed by atoms with Crippen molar-refractivity contribution in [2.45, 2.75) is 31.4 Å². The number of ether oxygens (including phenoxy) is 1. The molecule has 1 aliphatic heterocycles. The van der Waals surface area contributed by atoms with Crippen LogP contribution in [0.5, 0.6) is 5.75 Å². The van der Waals surface area contributed by atoms with Crippen molar-refractivity contribution in [1.29, 1.82) is 0 Å². The molecule has 140 valence electrons. The summed E-state index contributed by atoms with van der Waals surface area (Å²) in [5, 5.41) is 4.13. The molecule has 28 heavy (non-hydrogen) atoms. The van der Waals surface area contributed by atoms with Crippen LogP contribution in [-0.2, 0) is 13.6 Å². The Morgan fingerprint density at radius 2 is 2.04 bits per heavy atom. The molecule has 0 saturated heterocycles. The fraction of sp³-hybridized carbons (Fsp3) is 0.316. The number of rotatable bonds is 3. The second kappa shape index (κ2) is 5.28. The molecule has 4 heterocycles. The van der Waals surface area contributed by atoms with Crippen molar-refractivity contribution in [3.8, 4) is 5.75 Å². The van der Waals surface area contributed by atoms with Crippen LogP contribution in [0.15, 0.2) is 40.2 Å². The van der Waals surface area contributed by atoms with Crippen LogP contribution in [0.3, 0.4) is 0 Å². The monoisotopic (exact) mass is 376 g/mol. The van der Waals surface area contributed by atoms with E-state index in [0.717, 1.165) is 11.3 Å². The zero-order valence-corrected chi connectivity index (χ0v) is 15.2. The van der Waals surface area contributed by atoms with Gasteiger partial charge in [-0.05, 0) is 12.5 Å². The number of aryl methyl sites for hydroxylation is 2. The van der Waals surface area contributed by atoms with Crippen molar-refractivity contribution in [2.75, 3.05) is 0 Å². The molecule has 0 bridgehead atoms. The van der Waals surface area contributed by atoms with Gasteiger partial charge in [0.05, 0.1) is 12.2 Å². The van der Waals surface area contributed by atoms with E-state index >= 15 is 0 Å². The maximum absolute atomic E-state index is 12.6. The number of imidazole rings is 1. The molecule has 4 aromatic rings. The van der Waals surface area contributed by atoms with Gasteiger partial charge in [0.2, 0.25) is 5.89 Å². The second-order valence-electron chi connectivity index (χ2n) is 7.38. The van der Waals surface area contributed by atoms with Crippen LogP contribution in [0.4, 0.5) is 0 Å². The van der Waals surface area contributed by atoms with Gasteiger partial charge in [-0.15, -0.1) is 0 Å². The molecule has 2 aliphatic rings. The van der Waals surface area contributed by atoms with Crippen molar-refractivity contribution in [3.05, 3.63) is 64.0 Å². The van der Waals surface area contributed by atoms with Gasteiger partial charge in [-0.3, -0.25) is 9.36 Å². The molecule has 3 aromatic heterocycles. The lowest BCUT2D eigenvalue weighted by Gasteiger charge is -2.08. The number of hydrogen-bond donors (Lipinski definition) is 0. The van der Waals surface area contributed by atoms with E-state index in [1.54, 1.807) is 17.9 Å². The van der Waals surface area contributed by atoms with E-state index in [0.29, 0.717) is 22.9 Å². The van der Waals surface area contributed by atoms with Gasteiger partial charge in [-0.1, -0.05) is 23.4 Å². The van der Waals surface area contributed by atoms with Gasteiger partial charge >= 0.3 is 0 Å². The van der Waals surface area contributed by atoms with Gasteiger partial charge in [0.15, 0.2) is 17.0 Å². The SMILES string of the molecule is Cc1cccc2c1O[C@@H]1[C@@H](c3noc(Cn4cnc5ncn(C)c5c4=O)n3)[C@H]21. The fourth-order valence-electron chi connectivity index (χ4n) is 4.14. The van der Waals surface area contributed by atoms with Gasteiger partial charge in [0.1, 0.15) is 24.7 Å². The third-order valence-electron chi connectivity index (χ3n) is 5.60. The van der Waals surface area contributed by atoms with Crippen LogP contribution >= 0.6 is 0 Å².